The summed E-state index contributed by atoms with van der Waals surface area (Å²) in [6.45, 7) is 9.46. The molecule has 0 bridgehead atoms. The van der Waals surface area contributed by atoms with E-state index in [9.17, 15) is 9.59 Å². The fraction of sp³-hybridized carbons (Fsp3) is 0.391. The second-order valence-electron chi connectivity index (χ2n) is 7.01. The van der Waals surface area contributed by atoms with Gasteiger partial charge in [-0.1, -0.05) is 42.5 Å². The Labute approximate surface area is 172 Å². The Balaban J connectivity index is 2.41. The number of rotatable bonds is 7. The van der Waals surface area contributed by atoms with Gasteiger partial charge in [0.25, 0.3) is 5.91 Å². The molecule has 150 valence electrons. The zero-order valence-electron chi connectivity index (χ0n) is 17.1. The van der Waals surface area contributed by atoms with E-state index in [-0.39, 0.29) is 11.7 Å². The first kappa shape index (κ1) is 22.0. The standard InChI is InChI=1S/C23H29NO3S/c1-6-8-20(17(3)18(4)27-5)22(26)24-23(11-13-28-14-12-23)21(25)19-10-7-9-16(2)15-19/h6-10,15H,4,11-14H2,1-3,5H3,(H,24,26)/b8-6-,20-17+. The average molecular weight is 400 g/mol. The van der Waals surface area contributed by atoms with E-state index in [0.29, 0.717) is 35.3 Å². The molecule has 1 saturated heterocycles. The van der Waals surface area contributed by atoms with Crippen molar-refractivity contribution in [1.29, 1.82) is 0 Å². The summed E-state index contributed by atoms with van der Waals surface area (Å²) in [5.74, 6) is 1.81. The Hall–Kier alpha value is -2.27. The Kier molecular flexibility index (Phi) is 7.69. The summed E-state index contributed by atoms with van der Waals surface area (Å²) in [4.78, 5) is 26.6. The van der Waals surface area contributed by atoms with Gasteiger partial charge < -0.3 is 10.1 Å². The number of carbonyl (C=O) groups is 2. The molecule has 0 saturated carbocycles. The van der Waals surface area contributed by atoms with Crippen LogP contribution in [0.2, 0.25) is 0 Å². The molecule has 1 N–H and O–H groups in total. The van der Waals surface area contributed by atoms with Crippen molar-refractivity contribution in [3.05, 3.63) is 71.0 Å². The van der Waals surface area contributed by atoms with Crippen molar-refractivity contribution < 1.29 is 14.3 Å². The van der Waals surface area contributed by atoms with Gasteiger partial charge in [-0.3, -0.25) is 9.59 Å². The third-order valence-electron chi connectivity index (χ3n) is 5.06. The smallest absolute Gasteiger partial charge is 0.252 e. The van der Waals surface area contributed by atoms with Gasteiger partial charge >= 0.3 is 0 Å². The van der Waals surface area contributed by atoms with Gasteiger partial charge in [-0.25, -0.2) is 0 Å². The van der Waals surface area contributed by atoms with Gasteiger partial charge in [0.15, 0.2) is 5.78 Å². The van der Waals surface area contributed by atoms with Crippen LogP contribution in [0, 0.1) is 6.92 Å². The van der Waals surface area contributed by atoms with Crippen LogP contribution in [0.3, 0.4) is 0 Å². The van der Waals surface area contributed by atoms with Crippen molar-refractivity contribution in [3.63, 3.8) is 0 Å². The predicted molar refractivity (Wildman–Crippen MR) is 117 cm³/mol. The highest BCUT2D eigenvalue weighted by Crippen LogP contribution is 2.31. The molecule has 0 radical (unpaired) electrons. The van der Waals surface area contributed by atoms with Gasteiger partial charge in [-0.05, 0) is 51.2 Å². The number of ether oxygens (including phenoxy) is 1. The molecule has 1 aliphatic rings. The number of methoxy groups -OCH3 is 1. The molecule has 28 heavy (non-hydrogen) atoms. The third-order valence-corrected chi connectivity index (χ3v) is 6.05. The molecule has 1 heterocycles. The van der Waals surface area contributed by atoms with Gasteiger partial charge in [0.05, 0.1) is 7.11 Å². The summed E-state index contributed by atoms with van der Waals surface area (Å²) in [5, 5.41) is 3.09. The Bertz CT molecular complexity index is 817. The van der Waals surface area contributed by atoms with Crippen molar-refractivity contribution >= 4 is 23.5 Å². The summed E-state index contributed by atoms with van der Waals surface area (Å²) < 4.78 is 5.20. The summed E-state index contributed by atoms with van der Waals surface area (Å²) in [7, 11) is 1.53. The topological polar surface area (TPSA) is 55.4 Å². The number of hydrogen-bond donors (Lipinski definition) is 1. The minimum Gasteiger partial charge on any atom is -0.497 e. The maximum atomic E-state index is 13.4. The SMILES string of the molecule is C=C(OC)/C(C)=C(\C=C/C)C(=O)NC1(C(=O)c2cccc(C)c2)CCSCC1. The van der Waals surface area contributed by atoms with Crippen LogP contribution in [0.1, 0.15) is 42.6 Å². The summed E-state index contributed by atoms with van der Waals surface area (Å²) in [6.07, 6.45) is 4.76. The van der Waals surface area contributed by atoms with Gasteiger partial charge in [-0.15, -0.1) is 0 Å². The lowest BCUT2D eigenvalue weighted by molar-refractivity contribution is -0.118. The molecule has 0 aromatic heterocycles. The van der Waals surface area contributed by atoms with Crippen molar-refractivity contribution in [2.75, 3.05) is 18.6 Å². The quantitative estimate of drug-likeness (QED) is 0.315. The van der Waals surface area contributed by atoms with Gasteiger partial charge in [-0.2, -0.15) is 11.8 Å². The van der Waals surface area contributed by atoms with E-state index in [1.165, 1.54) is 7.11 Å². The van der Waals surface area contributed by atoms with Crippen LogP contribution in [0.15, 0.2) is 59.9 Å². The molecule has 1 aliphatic heterocycles. The monoisotopic (exact) mass is 399 g/mol. The van der Waals surface area contributed by atoms with E-state index in [4.69, 9.17) is 4.74 Å². The highest BCUT2D eigenvalue weighted by molar-refractivity contribution is 7.99. The summed E-state index contributed by atoms with van der Waals surface area (Å²) in [5.41, 5.74) is 1.89. The fourth-order valence-corrected chi connectivity index (χ4v) is 4.51. The molecule has 5 heteroatoms. The van der Waals surface area contributed by atoms with Crippen LogP contribution in [-0.2, 0) is 9.53 Å². The maximum absolute atomic E-state index is 13.4. The van der Waals surface area contributed by atoms with Crippen molar-refractivity contribution in [2.45, 2.75) is 39.2 Å². The minimum atomic E-state index is -0.891. The predicted octanol–water partition coefficient (Wildman–Crippen LogP) is 4.61. The average Bonchev–Trinajstić information content (AvgIpc) is 2.70. The first-order chi connectivity index (χ1) is 13.3. The first-order valence-electron chi connectivity index (χ1n) is 9.43. The first-order valence-corrected chi connectivity index (χ1v) is 10.6. The Morgan fingerprint density at radius 2 is 1.96 bits per heavy atom. The molecule has 0 unspecified atom stereocenters. The number of ketones is 1. The second-order valence-corrected chi connectivity index (χ2v) is 8.24. The van der Waals surface area contributed by atoms with Crippen LogP contribution >= 0.6 is 11.8 Å². The Morgan fingerprint density at radius 1 is 1.29 bits per heavy atom. The Morgan fingerprint density at radius 3 is 2.54 bits per heavy atom. The third kappa shape index (κ3) is 4.96. The summed E-state index contributed by atoms with van der Waals surface area (Å²) in [6, 6.07) is 7.56. The van der Waals surface area contributed by atoms with Crippen LogP contribution in [0.25, 0.3) is 0 Å². The van der Waals surface area contributed by atoms with Crippen LogP contribution in [0.5, 0.6) is 0 Å². The zero-order valence-corrected chi connectivity index (χ0v) is 17.9. The molecular weight excluding hydrogens is 370 g/mol. The number of carbonyl (C=O) groups excluding carboxylic acids is 2. The largest absolute Gasteiger partial charge is 0.497 e. The zero-order chi connectivity index (χ0) is 20.7. The van der Waals surface area contributed by atoms with Crippen molar-refractivity contribution in [1.82, 2.24) is 5.32 Å². The summed E-state index contributed by atoms with van der Waals surface area (Å²) >= 11 is 1.81. The van der Waals surface area contributed by atoms with Crippen molar-refractivity contribution in [3.8, 4) is 0 Å². The molecule has 1 aromatic carbocycles. The van der Waals surface area contributed by atoms with E-state index in [2.05, 4.69) is 11.9 Å². The fourth-order valence-electron chi connectivity index (χ4n) is 3.32. The van der Waals surface area contributed by atoms with E-state index in [1.54, 1.807) is 19.1 Å². The van der Waals surface area contributed by atoms with E-state index >= 15 is 0 Å². The van der Waals surface area contributed by atoms with E-state index in [0.717, 1.165) is 17.1 Å². The number of allylic oxidation sites excluding steroid dienone is 2. The number of nitrogens with one attached hydrogen (secondary N) is 1. The number of benzene rings is 1. The molecule has 4 nitrogen and oxygen atoms in total. The minimum absolute atomic E-state index is 0.0205. The number of thioether (sulfide) groups is 1. The molecule has 2 rings (SSSR count). The molecule has 1 amide bonds. The number of hydrogen-bond acceptors (Lipinski definition) is 4. The maximum Gasteiger partial charge on any atom is 0.252 e. The number of Topliss-reactive ketones (excluding diaryl/α,β-unsaturated/α-hetero) is 1. The van der Waals surface area contributed by atoms with Crippen LogP contribution in [0.4, 0.5) is 0 Å². The highest BCUT2D eigenvalue weighted by Gasteiger charge is 2.41. The molecule has 0 atom stereocenters. The van der Waals surface area contributed by atoms with Crippen LogP contribution in [-0.4, -0.2) is 35.8 Å². The lowest BCUT2D eigenvalue weighted by Crippen LogP contribution is -2.56. The molecule has 0 aliphatic carbocycles. The van der Waals surface area contributed by atoms with Gasteiger partial charge in [0, 0.05) is 16.7 Å². The van der Waals surface area contributed by atoms with Gasteiger partial charge in [0.2, 0.25) is 0 Å². The lowest BCUT2D eigenvalue weighted by atomic mass is 9.83. The molecule has 0 spiro atoms. The number of amides is 1. The second kappa shape index (κ2) is 9.78. The van der Waals surface area contributed by atoms with Crippen molar-refractivity contribution in [2.24, 2.45) is 0 Å². The molecular formula is C23H29NO3S. The molecule has 1 fully saturated rings. The van der Waals surface area contributed by atoms with E-state index < -0.39 is 5.54 Å². The number of aryl methyl sites for hydroxylation is 1. The highest BCUT2D eigenvalue weighted by atomic mass is 32.2. The lowest BCUT2D eigenvalue weighted by Gasteiger charge is -2.37. The van der Waals surface area contributed by atoms with Crippen LogP contribution < -0.4 is 5.32 Å². The van der Waals surface area contributed by atoms with E-state index in [1.807, 2.05) is 49.9 Å². The molecule has 1 aromatic rings. The van der Waals surface area contributed by atoms with Gasteiger partial charge in [0.1, 0.15) is 11.3 Å². The normalized spacial score (nSPS) is 17.0.